The first-order chi connectivity index (χ1) is 8.10. The highest BCUT2D eigenvalue weighted by molar-refractivity contribution is 9.11. The fourth-order valence-electron chi connectivity index (χ4n) is 1.55. The summed E-state index contributed by atoms with van der Waals surface area (Å²) in [7, 11) is 0. The molecule has 0 spiro atoms. The van der Waals surface area contributed by atoms with E-state index in [4.69, 9.17) is 10.8 Å². The van der Waals surface area contributed by atoms with E-state index < -0.39 is 0 Å². The Morgan fingerprint density at radius 1 is 1.18 bits per heavy atom. The van der Waals surface area contributed by atoms with Gasteiger partial charge in [0.1, 0.15) is 5.82 Å². The Morgan fingerprint density at radius 3 is 2.41 bits per heavy atom. The molecule has 0 amide bonds. The van der Waals surface area contributed by atoms with E-state index in [1.54, 1.807) is 10.7 Å². The number of anilines is 1. The Bertz CT molecular complexity index is 519. The molecule has 0 aliphatic rings. The number of aliphatic hydroxyl groups is 1. The smallest absolute Gasteiger partial charge is 0.122 e. The zero-order valence-corrected chi connectivity index (χ0v) is 12.1. The zero-order valence-electron chi connectivity index (χ0n) is 8.90. The van der Waals surface area contributed by atoms with Crippen molar-refractivity contribution in [2.75, 3.05) is 12.3 Å². The largest absolute Gasteiger partial charge is 0.394 e. The summed E-state index contributed by atoms with van der Waals surface area (Å²) in [5, 5.41) is 13.2. The molecule has 0 radical (unpaired) electrons. The molecule has 3 N–H and O–H groups in total. The second-order valence-electron chi connectivity index (χ2n) is 3.56. The molecule has 90 valence electrons. The number of halogens is 2. The molecule has 1 aromatic carbocycles. The van der Waals surface area contributed by atoms with Gasteiger partial charge in [0.05, 0.1) is 18.8 Å². The molecule has 0 saturated carbocycles. The Hall–Kier alpha value is -0.850. The van der Waals surface area contributed by atoms with Crippen LogP contribution in [-0.2, 0) is 6.54 Å². The molecule has 0 aliphatic carbocycles. The van der Waals surface area contributed by atoms with Gasteiger partial charge in [-0.15, -0.1) is 0 Å². The summed E-state index contributed by atoms with van der Waals surface area (Å²) in [4.78, 5) is 0. The minimum Gasteiger partial charge on any atom is -0.394 e. The van der Waals surface area contributed by atoms with Crippen LogP contribution in [0.5, 0.6) is 0 Å². The van der Waals surface area contributed by atoms with Crippen LogP contribution in [-0.4, -0.2) is 21.5 Å². The van der Waals surface area contributed by atoms with Gasteiger partial charge in [-0.1, -0.05) is 31.9 Å². The van der Waals surface area contributed by atoms with Gasteiger partial charge in [0.25, 0.3) is 0 Å². The molecule has 2 rings (SSSR count). The minimum absolute atomic E-state index is 0.0213. The van der Waals surface area contributed by atoms with Crippen molar-refractivity contribution in [2.45, 2.75) is 6.54 Å². The molecule has 0 fully saturated rings. The fourth-order valence-corrected chi connectivity index (χ4v) is 2.84. The first-order valence-electron chi connectivity index (χ1n) is 5.01. The highest BCUT2D eigenvalue weighted by Gasteiger charge is 2.08. The van der Waals surface area contributed by atoms with Crippen molar-refractivity contribution >= 4 is 37.7 Å². The van der Waals surface area contributed by atoms with Crippen LogP contribution in [0.3, 0.4) is 0 Å². The van der Waals surface area contributed by atoms with E-state index >= 15 is 0 Å². The number of aliphatic hydroxyl groups excluding tert-OH is 1. The highest BCUT2D eigenvalue weighted by atomic mass is 79.9. The van der Waals surface area contributed by atoms with Crippen molar-refractivity contribution in [3.63, 3.8) is 0 Å². The van der Waals surface area contributed by atoms with E-state index in [0.717, 1.165) is 20.2 Å². The van der Waals surface area contributed by atoms with E-state index in [9.17, 15) is 0 Å². The van der Waals surface area contributed by atoms with Crippen molar-refractivity contribution in [2.24, 2.45) is 0 Å². The maximum absolute atomic E-state index is 8.88. The standard InChI is InChI=1S/C11H11Br2N3O/c12-8-3-7(4-9(13)5-8)10-6-11(14)16(15-10)1-2-17/h3-6,17H,1-2,14H2. The van der Waals surface area contributed by atoms with Gasteiger partial charge in [0.2, 0.25) is 0 Å². The number of hydrogen-bond donors (Lipinski definition) is 2. The number of nitrogen functional groups attached to an aromatic ring is 1. The molecule has 17 heavy (non-hydrogen) atoms. The van der Waals surface area contributed by atoms with Gasteiger partial charge in [-0.2, -0.15) is 5.10 Å². The van der Waals surface area contributed by atoms with Gasteiger partial charge in [-0.05, 0) is 18.2 Å². The average Bonchev–Trinajstić information content (AvgIpc) is 2.60. The van der Waals surface area contributed by atoms with Gasteiger partial charge in [-0.3, -0.25) is 0 Å². The summed E-state index contributed by atoms with van der Waals surface area (Å²) in [6.45, 7) is 0.425. The first-order valence-corrected chi connectivity index (χ1v) is 6.59. The van der Waals surface area contributed by atoms with Crippen LogP contribution >= 0.6 is 31.9 Å². The van der Waals surface area contributed by atoms with Crippen LogP contribution < -0.4 is 5.73 Å². The Balaban J connectivity index is 2.42. The molecule has 1 aromatic heterocycles. The average molecular weight is 361 g/mol. The quantitative estimate of drug-likeness (QED) is 0.884. The molecule has 6 heteroatoms. The van der Waals surface area contributed by atoms with Gasteiger partial charge < -0.3 is 10.8 Å². The van der Waals surface area contributed by atoms with E-state index in [-0.39, 0.29) is 6.61 Å². The maximum atomic E-state index is 8.88. The van der Waals surface area contributed by atoms with E-state index in [1.807, 2.05) is 18.2 Å². The summed E-state index contributed by atoms with van der Waals surface area (Å²) in [6, 6.07) is 7.69. The Morgan fingerprint density at radius 2 is 1.82 bits per heavy atom. The molecular formula is C11H11Br2N3O. The molecule has 0 aliphatic heterocycles. The van der Waals surface area contributed by atoms with Crippen LogP contribution in [0.25, 0.3) is 11.3 Å². The molecule has 2 aromatic rings. The number of hydrogen-bond acceptors (Lipinski definition) is 3. The van der Waals surface area contributed by atoms with Crippen molar-refractivity contribution in [1.29, 1.82) is 0 Å². The van der Waals surface area contributed by atoms with Crippen LogP contribution in [0.15, 0.2) is 33.2 Å². The lowest BCUT2D eigenvalue weighted by atomic mass is 10.1. The molecular weight excluding hydrogens is 350 g/mol. The predicted octanol–water partition coefficient (Wildman–Crippen LogP) is 2.65. The lowest BCUT2D eigenvalue weighted by Gasteiger charge is -2.00. The van der Waals surface area contributed by atoms with E-state index in [0.29, 0.717) is 12.4 Å². The maximum Gasteiger partial charge on any atom is 0.122 e. The van der Waals surface area contributed by atoms with Gasteiger partial charge in [-0.25, -0.2) is 4.68 Å². The van der Waals surface area contributed by atoms with Crippen molar-refractivity contribution < 1.29 is 5.11 Å². The number of nitrogens with two attached hydrogens (primary N) is 1. The topological polar surface area (TPSA) is 64.1 Å². The second kappa shape index (κ2) is 5.20. The van der Waals surface area contributed by atoms with Crippen LogP contribution in [0.4, 0.5) is 5.82 Å². The second-order valence-corrected chi connectivity index (χ2v) is 5.39. The SMILES string of the molecule is Nc1cc(-c2cc(Br)cc(Br)c2)nn1CCO. The van der Waals surface area contributed by atoms with E-state index in [1.165, 1.54) is 0 Å². The molecule has 0 bridgehead atoms. The van der Waals surface area contributed by atoms with Crippen molar-refractivity contribution in [3.8, 4) is 11.3 Å². The lowest BCUT2D eigenvalue weighted by Crippen LogP contribution is -2.07. The van der Waals surface area contributed by atoms with Crippen molar-refractivity contribution in [3.05, 3.63) is 33.2 Å². The summed E-state index contributed by atoms with van der Waals surface area (Å²) in [6.07, 6.45) is 0. The fraction of sp³-hybridized carbons (Fsp3) is 0.182. The zero-order chi connectivity index (χ0) is 12.4. The van der Waals surface area contributed by atoms with E-state index in [2.05, 4.69) is 37.0 Å². The predicted molar refractivity (Wildman–Crippen MR) is 74.6 cm³/mol. The van der Waals surface area contributed by atoms with Gasteiger partial charge >= 0.3 is 0 Å². The third kappa shape index (κ3) is 2.88. The molecule has 0 saturated heterocycles. The third-order valence-corrected chi connectivity index (χ3v) is 3.20. The lowest BCUT2D eigenvalue weighted by molar-refractivity contribution is 0.270. The monoisotopic (exact) mass is 359 g/mol. The van der Waals surface area contributed by atoms with Crippen LogP contribution in [0.1, 0.15) is 0 Å². The minimum atomic E-state index is 0.0213. The summed E-state index contributed by atoms with van der Waals surface area (Å²) in [5.41, 5.74) is 7.56. The third-order valence-electron chi connectivity index (χ3n) is 2.28. The summed E-state index contributed by atoms with van der Waals surface area (Å²) >= 11 is 6.86. The number of aromatic nitrogens is 2. The molecule has 0 unspecified atom stereocenters. The van der Waals surface area contributed by atoms with Gasteiger partial charge in [0, 0.05) is 20.6 Å². The van der Waals surface area contributed by atoms with Crippen LogP contribution in [0.2, 0.25) is 0 Å². The normalized spacial score (nSPS) is 10.8. The Labute approximate surface area is 116 Å². The number of benzene rings is 1. The van der Waals surface area contributed by atoms with Crippen molar-refractivity contribution in [1.82, 2.24) is 9.78 Å². The molecule has 4 nitrogen and oxygen atoms in total. The molecule has 0 atom stereocenters. The molecule has 1 heterocycles. The number of nitrogens with zero attached hydrogens (tertiary/aromatic N) is 2. The Kier molecular flexibility index (Phi) is 3.86. The highest BCUT2D eigenvalue weighted by Crippen LogP contribution is 2.27. The first kappa shape index (κ1) is 12.6. The van der Waals surface area contributed by atoms with Gasteiger partial charge in [0.15, 0.2) is 0 Å². The summed E-state index contributed by atoms with van der Waals surface area (Å²) in [5.74, 6) is 0.546. The summed E-state index contributed by atoms with van der Waals surface area (Å²) < 4.78 is 3.53. The number of rotatable bonds is 3. The van der Waals surface area contributed by atoms with Crippen LogP contribution in [0, 0.1) is 0 Å².